The van der Waals surface area contributed by atoms with Gasteiger partial charge >= 0.3 is 6.09 Å². The highest BCUT2D eigenvalue weighted by Crippen LogP contribution is 2.34. The summed E-state index contributed by atoms with van der Waals surface area (Å²) in [6.07, 6.45) is 5.81. The van der Waals surface area contributed by atoms with Gasteiger partial charge in [-0.05, 0) is 108 Å². The second-order valence-electron chi connectivity index (χ2n) is 14.2. The maximum atomic E-state index is 15.0. The second-order valence-corrected chi connectivity index (χ2v) is 15.5. The molecule has 1 aliphatic carbocycles. The molecule has 10 nitrogen and oxygen atoms in total. The number of benzene rings is 2. The summed E-state index contributed by atoms with van der Waals surface area (Å²) in [7, 11) is 0. The van der Waals surface area contributed by atoms with Crippen molar-refractivity contribution in [3.8, 4) is 11.5 Å². The zero-order chi connectivity index (χ0) is 33.7. The number of rotatable bonds is 11. The molecule has 0 unspecified atom stereocenters. The first kappa shape index (κ1) is 34.5. The first-order valence-corrected chi connectivity index (χ1v) is 18.1. The molecule has 48 heavy (non-hydrogen) atoms. The first-order chi connectivity index (χ1) is 23.1. The summed E-state index contributed by atoms with van der Waals surface area (Å²) in [5.41, 5.74) is 0.00364. The fourth-order valence-corrected chi connectivity index (χ4v) is 7.56. The number of halogens is 1. The molecule has 0 atom stereocenters. The lowest BCUT2D eigenvalue weighted by atomic mass is 9.81. The summed E-state index contributed by atoms with van der Waals surface area (Å²) in [5.74, 6) is 2.74. The van der Waals surface area contributed by atoms with Gasteiger partial charge in [0.15, 0.2) is 0 Å². The second kappa shape index (κ2) is 15.5. The van der Waals surface area contributed by atoms with Gasteiger partial charge in [0.25, 0.3) is 5.56 Å². The number of aromatic amines is 1. The van der Waals surface area contributed by atoms with Crippen molar-refractivity contribution >= 4 is 34.4 Å². The molecule has 1 aromatic heterocycles. The molecule has 3 heterocycles. The van der Waals surface area contributed by atoms with Gasteiger partial charge in [0.2, 0.25) is 0 Å². The largest absolute Gasteiger partial charge is 0.493 e. The lowest BCUT2D eigenvalue weighted by Crippen LogP contribution is -2.44. The number of carbonyl (C=O) groups excluding carboxylic acids is 1. The van der Waals surface area contributed by atoms with Crippen LogP contribution >= 0.6 is 11.8 Å². The maximum absolute atomic E-state index is 15.0. The molecular weight excluding hydrogens is 635 g/mol. The van der Waals surface area contributed by atoms with Gasteiger partial charge in [0.1, 0.15) is 34.1 Å². The molecule has 2 aliphatic heterocycles. The van der Waals surface area contributed by atoms with Crippen LogP contribution in [-0.2, 0) is 15.2 Å². The van der Waals surface area contributed by atoms with Crippen LogP contribution in [0.4, 0.5) is 14.9 Å². The van der Waals surface area contributed by atoms with E-state index >= 15 is 0 Å². The molecule has 1 saturated carbocycles. The van der Waals surface area contributed by atoms with Gasteiger partial charge in [0, 0.05) is 42.8 Å². The van der Waals surface area contributed by atoms with Gasteiger partial charge in [-0.15, -0.1) is 0 Å². The molecular formula is C36H47FN4O6S. The Hall–Kier alpha value is -3.35. The molecule has 12 heteroatoms. The number of amides is 1. The van der Waals surface area contributed by atoms with Gasteiger partial charge in [0.05, 0.1) is 24.0 Å². The number of nitrogens with zero attached hydrogens (tertiary/aromatic N) is 2. The Labute approximate surface area is 285 Å². The maximum Gasteiger partial charge on any atom is 0.412 e. The standard InChI is InChI=1S/C36H47FN4O6S/c1-36(2,3)47-35(43)38-25-4-6-26(7-5-25)46-28-16-24(17-28)20-41-12-8-23(9-13-41)21-45-27-18-30(37)33-31(19-27)39-32(40-34(33)42)22-48-29-10-14-44-15-11-29/h4-7,18-19,23-24,28-29H,8-17,20-22H2,1-3H3,(H,38,43)(H,39,40,42). The van der Waals surface area contributed by atoms with Crippen molar-refractivity contribution < 1.29 is 28.1 Å². The highest BCUT2D eigenvalue weighted by molar-refractivity contribution is 7.99. The number of nitrogens with one attached hydrogen (secondary N) is 2. The SMILES string of the molecule is CC(C)(C)OC(=O)Nc1ccc(OC2CC(CN3CCC(COc4cc(F)c5c(=O)[nH]c(CSC6CCOCC6)nc5c4)CC3)C2)cc1. The number of aromatic nitrogens is 2. The minimum Gasteiger partial charge on any atom is -0.493 e. The van der Waals surface area contributed by atoms with E-state index < -0.39 is 23.1 Å². The van der Waals surface area contributed by atoms with Crippen LogP contribution in [0.5, 0.6) is 11.5 Å². The van der Waals surface area contributed by atoms with E-state index in [0.717, 1.165) is 77.1 Å². The Bertz CT molecular complexity index is 1590. The third-order valence-corrected chi connectivity index (χ3v) is 10.5. The van der Waals surface area contributed by atoms with Crippen molar-refractivity contribution in [1.29, 1.82) is 0 Å². The summed E-state index contributed by atoms with van der Waals surface area (Å²) >= 11 is 1.76. The van der Waals surface area contributed by atoms with Crippen LogP contribution in [0.3, 0.4) is 0 Å². The lowest BCUT2D eigenvalue weighted by Gasteiger charge is -2.40. The van der Waals surface area contributed by atoms with Gasteiger partial charge < -0.3 is 28.8 Å². The van der Waals surface area contributed by atoms with Gasteiger partial charge in [-0.3, -0.25) is 10.1 Å². The van der Waals surface area contributed by atoms with Crippen LogP contribution in [0, 0.1) is 17.7 Å². The van der Waals surface area contributed by atoms with E-state index in [1.807, 2.05) is 45.0 Å². The van der Waals surface area contributed by atoms with E-state index in [-0.39, 0.29) is 11.5 Å². The van der Waals surface area contributed by atoms with Crippen molar-refractivity contribution in [2.45, 2.75) is 82.0 Å². The predicted molar refractivity (Wildman–Crippen MR) is 186 cm³/mol. The molecule has 3 aromatic rings. The molecule has 6 rings (SSSR count). The van der Waals surface area contributed by atoms with Gasteiger partial charge in [-0.1, -0.05) is 0 Å². The molecule has 260 valence electrons. The molecule has 2 saturated heterocycles. The first-order valence-electron chi connectivity index (χ1n) is 17.1. The van der Waals surface area contributed by atoms with Crippen LogP contribution in [0.15, 0.2) is 41.2 Å². The fourth-order valence-electron chi connectivity index (χ4n) is 6.50. The van der Waals surface area contributed by atoms with Crippen LogP contribution in [0.1, 0.15) is 65.1 Å². The van der Waals surface area contributed by atoms with Crippen molar-refractivity contribution in [1.82, 2.24) is 14.9 Å². The number of ether oxygens (including phenoxy) is 4. The minimum atomic E-state index is -0.607. The monoisotopic (exact) mass is 682 g/mol. The number of anilines is 1. The molecule has 1 amide bonds. The Morgan fingerprint density at radius 2 is 1.79 bits per heavy atom. The van der Waals surface area contributed by atoms with Crippen molar-refractivity contribution in [2.75, 3.05) is 44.8 Å². The summed E-state index contributed by atoms with van der Waals surface area (Å²) in [4.78, 5) is 34.5. The topological polar surface area (TPSA) is 115 Å². The fraction of sp³-hybridized carbons (Fsp3) is 0.583. The Morgan fingerprint density at radius 1 is 1.06 bits per heavy atom. The molecule has 2 N–H and O–H groups in total. The highest BCUT2D eigenvalue weighted by Gasteiger charge is 2.33. The number of piperidine rings is 1. The molecule has 0 spiro atoms. The molecule has 3 aliphatic rings. The van der Waals surface area contributed by atoms with E-state index in [1.54, 1.807) is 17.8 Å². The zero-order valence-electron chi connectivity index (χ0n) is 28.1. The number of hydrogen-bond acceptors (Lipinski definition) is 9. The Kier molecular flexibility index (Phi) is 11.1. The number of thioether (sulfide) groups is 1. The molecule has 2 aromatic carbocycles. The van der Waals surface area contributed by atoms with Crippen molar-refractivity contribution in [3.63, 3.8) is 0 Å². The van der Waals surface area contributed by atoms with Crippen LogP contribution in [0.25, 0.3) is 10.9 Å². The Balaban J connectivity index is 0.901. The van der Waals surface area contributed by atoms with Crippen LogP contribution in [-0.4, -0.2) is 77.4 Å². The summed E-state index contributed by atoms with van der Waals surface area (Å²) in [6.45, 7) is 10.6. The van der Waals surface area contributed by atoms with Crippen LogP contribution in [0.2, 0.25) is 0 Å². The smallest absolute Gasteiger partial charge is 0.412 e. The molecule has 0 radical (unpaired) electrons. The number of H-pyrrole nitrogens is 1. The van der Waals surface area contributed by atoms with E-state index in [4.69, 9.17) is 18.9 Å². The van der Waals surface area contributed by atoms with Crippen LogP contribution < -0.4 is 20.3 Å². The van der Waals surface area contributed by atoms with E-state index in [0.29, 0.717) is 52.2 Å². The molecule has 3 fully saturated rings. The number of carbonyl (C=O) groups is 1. The average molecular weight is 683 g/mol. The average Bonchev–Trinajstić information content (AvgIpc) is 3.02. The van der Waals surface area contributed by atoms with Gasteiger partial charge in [-0.25, -0.2) is 14.2 Å². The summed E-state index contributed by atoms with van der Waals surface area (Å²) in [6, 6.07) is 10.4. The van der Waals surface area contributed by atoms with Gasteiger partial charge in [-0.2, -0.15) is 11.8 Å². The number of fused-ring (bicyclic) bond motifs is 1. The van der Waals surface area contributed by atoms with Crippen molar-refractivity contribution in [3.05, 3.63) is 58.4 Å². The minimum absolute atomic E-state index is 0.0235. The Morgan fingerprint density at radius 3 is 2.50 bits per heavy atom. The normalized spacial score (nSPS) is 21.1. The zero-order valence-corrected chi connectivity index (χ0v) is 28.9. The van der Waals surface area contributed by atoms with E-state index in [9.17, 15) is 14.0 Å². The number of likely N-dealkylation sites (tertiary alicyclic amines) is 1. The molecule has 0 bridgehead atoms. The third-order valence-electron chi connectivity index (χ3n) is 9.11. The predicted octanol–water partition coefficient (Wildman–Crippen LogP) is 6.77. The van der Waals surface area contributed by atoms with Crippen molar-refractivity contribution in [2.24, 2.45) is 11.8 Å². The van der Waals surface area contributed by atoms with E-state index in [2.05, 4.69) is 20.2 Å². The van der Waals surface area contributed by atoms with E-state index in [1.165, 1.54) is 6.07 Å². The quantitative estimate of drug-likeness (QED) is 0.226. The number of hydrogen-bond donors (Lipinski definition) is 2. The summed E-state index contributed by atoms with van der Waals surface area (Å²) < 4.78 is 37.9. The third kappa shape index (κ3) is 9.63. The summed E-state index contributed by atoms with van der Waals surface area (Å²) in [5, 5.41) is 3.19. The lowest BCUT2D eigenvalue weighted by molar-refractivity contribution is 0.0328. The highest BCUT2D eigenvalue weighted by atomic mass is 32.2.